The maximum Gasteiger partial charge on any atom is 0.322 e. The zero-order valence-electron chi connectivity index (χ0n) is 13.7. The Morgan fingerprint density at radius 2 is 2.25 bits per heavy atom. The summed E-state index contributed by atoms with van der Waals surface area (Å²) in [6.45, 7) is 4.65. The molecule has 128 valence electrons. The van der Waals surface area contributed by atoms with Gasteiger partial charge in [-0.2, -0.15) is 0 Å². The molecule has 1 saturated heterocycles. The number of nitrogens with zero attached hydrogens (tertiary/aromatic N) is 1. The van der Waals surface area contributed by atoms with E-state index in [2.05, 4.69) is 5.32 Å². The zero-order chi connectivity index (χ0) is 16.8. The molecule has 0 spiro atoms. The van der Waals surface area contributed by atoms with Gasteiger partial charge in [0.05, 0.1) is 25.6 Å². The van der Waals surface area contributed by atoms with Crippen molar-refractivity contribution in [2.24, 2.45) is 0 Å². The molecule has 0 aliphatic carbocycles. The number of anilines is 1. The number of morpholine rings is 1. The first-order valence-electron chi connectivity index (χ1n) is 8.07. The highest BCUT2D eigenvalue weighted by molar-refractivity contribution is 5.89. The first-order chi connectivity index (χ1) is 11.7. The fourth-order valence-electron chi connectivity index (χ4n) is 2.61. The predicted molar refractivity (Wildman–Crippen MR) is 89.6 cm³/mol. The highest BCUT2D eigenvalue weighted by Gasteiger charge is 2.21. The molecule has 2 aromatic rings. The highest BCUT2D eigenvalue weighted by atomic mass is 16.5. The Labute approximate surface area is 141 Å². The van der Waals surface area contributed by atoms with Crippen LogP contribution in [0.1, 0.15) is 18.2 Å². The van der Waals surface area contributed by atoms with Gasteiger partial charge in [-0.25, -0.2) is 4.79 Å². The van der Waals surface area contributed by atoms with Gasteiger partial charge in [-0.1, -0.05) is 12.1 Å². The number of rotatable bonds is 5. The van der Waals surface area contributed by atoms with E-state index in [1.807, 2.05) is 43.3 Å². The fraction of sp³-hybridized carbons (Fsp3) is 0.389. The first kappa shape index (κ1) is 16.5. The van der Waals surface area contributed by atoms with E-state index in [9.17, 15) is 4.79 Å². The quantitative estimate of drug-likeness (QED) is 0.914. The van der Waals surface area contributed by atoms with Gasteiger partial charge in [0, 0.05) is 18.8 Å². The van der Waals surface area contributed by atoms with Crippen LogP contribution in [0.4, 0.5) is 10.5 Å². The van der Waals surface area contributed by atoms with Gasteiger partial charge in [0.15, 0.2) is 0 Å². The summed E-state index contributed by atoms with van der Waals surface area (Å²) in [6.07, 6.45) is 1.70. The van der Waals surface area contributed by atoms with Crippen LogP contribution in [0.3, 0.4) is 0 Å². The van der Waals surface area contributed by atoms with Gasteiger partial charge < -0.3 is 24.1 Å². The maximum atomic E-state index is 12.3. The Hall–Kier alpha value is -2.31. The monoisotopic (exact) mass is 330 g/mol. The van der Waals surface area contributed by atoms with Gasteiger partial charge in [-0.3, -0.25) is 0 Å². The largest absolute Gasteiger partial charge is 0.467 e. The van der Waals surface area contributed by atoms with Gasteiger partial charge in [0.1, 0.15) is 12.4 Å². The van der Waals surface area contributed by atoms with Crippen molar-refractivity contribution in [3.05, 3.63) is 54.0 Å². The van der Waals surface area contributed by atoms with Crippen molar-refractivity contribution in [1.82, 2.24) is 4.90 Å². The van der Waals surface area contributed by atoms with E-state index in [-0.39, 0.29) is 12.1 Å². The molecule has 6 heteroatoms. The number of carbonyl (C=O) groups is 1. The van der Waals surface area contributed by atoms with Gasteiger partial charge >= 0.3 is 6.03 Å². The molecule has 2 amide bonds. The lowest BCUT2D eigenvalue weighted by atomic mass is 10.2. The number of furan rings is 1. The Balaban J connectivity index is 1.51. The molecule has 0 radical (unpaired) electrons. The molecular formula is C18H22N2O4. The Morgan fingerprint density at radius 3 is 3.04 bits per heavy atom. The minimum absolute atomic E-state index is 0.0748. The number of amides is 2. The van der Waals surface area contributed by atoms with Crippen molar-refractivity contribution in [1.29, 1.82) is 0 Å². The second-order valence-corrected chi connectivity index (χ2v) is 5.83. The molecule has 6 nitrogen and oxygen atoms in total. The lowest BCUT2D eigenvalue weighted by Gasteiger charge is -2.31. The third-order valence-corrected chi connectivity index (χ3v) is 3.80. The van der Waals surface area contributed by atoms with Crippen LogP contribution in [0.25, 0.3) is 0 Å². The molecule has 0 unspecified atom stereocenters. The number of nitrogens with one attached hydrogen (secondary N) is 1. The van der Waals surface area contributed by atoms with Crippen LogP contribution in [-0.4, -0.2) is 36.7 Å². The topological polar surface area (TPSA) is 63.9 Å². The molecule has 1 aliphatic rings. The Morgan fingerprint density at radius 1 is 1.33 bits per heavy atom. The predicted octanol–water partition coefficient (Wildman–Crippen LogP) is 3.25. The van der Waals surface area contributed by atoms with E-state index in [1.165, 1.54) is 0 Å². The van der Waals surface area contributed by atoms with Crippen LogP contribution in [0.5, 0.6) is 0 Å². The average molecular weight is 330 g/mol. The van der Waals surface area contributed by atoms with Crippen LogP contribution in [0.2, 0.25) is 0 Å². The van der Waals surface area contributed by atoms with Crippen molar-refractivity contribution in [2.75, 3.05) is 25.0 Å². The van der Waals surface area contributed by atoms with Crippen LogP contribution >= 0.6 is 0 Å². The summed E-state index contributed by atoms with van der Waals surface area (Å²) < 4.78 is 16.3. The average Bonchev–Trinajstić information content (AvgIpc) is 3.09. The summed E-state index contributed by atoms with van der Waals surface area (Å²) in [6, 6.07) is 11.3. The molecule has 1 aromatic carbocycles. The fourth-order valence-corrected chi connectivity index (χ4v) is 2.61. The minimum atomic E-state index is -0.0983. The number of benzene rings is 1. The van der Waals surface area contributed by atoms with E-state index in [0.29, 0.717) is 32.9 Å². The molecule has 2 heterocycles. The van der Waals surface area contributed by atoms with Crippen LogP contribution in [-0.2, 0) is 22.7 Å². The van der Waals surface area contributed by atoms with Gasteiger partial charge in [0.25, 0.3) is 0 Å². The van der Waals surface area contributed by atoms with Gasteiger partial charge in [0.2, 0.25) is 0 Å². The lowest BCUT2D eigenvalue weighted by molar-refractivity contribution is -0.00138. The standard InChI is InChI=1S/C18H22N2O4/c1-14-11-20(7-9-23-14)18(21)19-16-5-2-4-15(10-16)12-22-13-17-6-3-8-24-17/h2-6,8,10,14H,7,9,11-13H2,1H3,(H,19,21)/t14-/m1/s1. The number of hydrogen-bond acceptors (Lipinski definition) is 4. The lowest BCUT2D eigenvalue weighted by Crippen LogP contribution is -2.46. The molecule has 1 N–H and O–H groups in total. The van der Waals surface area contributed by atoms with E-state index in [4.69, 9.17) is 13.9 Å². The normalized spacial score (nSPS) is 17.7. The molecular weight excluding hydrogens is 308 g/mol. The van der Waals surface area contributed by atoms with E-state index < -0.39 is 0 Å². The van der Waals surface area contributed by atoms with Crippen molar-refractivity contribution in [2.45, 2.75) is 26.2 Å². The molecule has 1 atom stereocenters. The number of urea groups is 1. The molecule has 1 aromatic heterocycles. The molecule has 3 rings (SSSR count). The SMILES string of the molecule is C[C@@H]1CN(C(=O)Nc2cccc(COCc3ccco3)c2)CCO1. The molecule has 0 bridgehead atoms. The van der Waals surface area contributed by atoms with Crippen LogP contribution in [0.15, 0.2) is 47.1 Å². The summed E-state index contributed by atoms with van der Waals surface area (Å²) in [5, 5.41) is 2.93. The van der Waals surface area contributed by atoms with E-state index in [1.54, 1.807) is 11.2 Å². The molecule has 1 aliphatic heterocycles. The van der Waals surface area contributed by atoms with Crippen molar-refractivity contribution in [3.8, 4) is 0 Å². The summed E-state index contributed by atoms with van der Waals surface area (Å²) in [5.41, 5.74) is 1.76. The molecule has 24 heavy (non-hydrogen) atoms. The third kappa shape index (κ3) is 4.59. The maximum absolute atomic E-state index is 12.3. The van der Waals surface area contributed by atoms with Gasteiger partial charge in [-0.05, 0) is 36.8 Å². The van der Waals surface area contributed by atoms with Crippen LogP contribution in [0, 0.1) is 0 Å². The molecule has 0 saturated carbocycles. The first-order valence-corrected chi connectivity index (χ1v) is 8.07. The van der Waals surface area contributed by atoms with Crippen LogP contribution < -0.4 is 5.32 Å². The zero-order valence-corrected chi connectivity index (χ0v) is 13.7. The number of ether oxygens (including phenoxy) is 2. The molecule has 1 fully saturated rings. The number of hydrogen-bond donors (Lipinski definition) is 1. The van der Waals surface area contributed by atoms with Gasteiger partial charge in [-0.15, -0.1) is 0 Å². The van der Waals surface area contributed by atoms with Crippen molar-refractivity contribution >= 4 is 11.7 Å². The van der Waals surface area contributed by atoms with E-state index >= 15 is 0 Å². The second-order valence-electron chi connectivity index (χ2n) is 5.83. The minimum Gasteiger partial charge on any atom is -0.467 e. The van der Waals surface area contributed by atoms with Crippen molar-refractivity contribution < 1.29 is 18.7 Å². The summed E-state index contributed by atoms with van der Waals surface area (Å²) in [7, 11) is 0. The summed E-state index contributed by atoms with van der Waals surface area (Å²) in [4.78, 5) is 14.1. The van der Waals surface area contributed by atoms with Crippen molar-refractivity contribution in [3.63, 3.8) is 0 Å². The second kappa shape index (κ2) is 7.99. The summed E-state index contributed by atoms with van der Waals surface area (Å²) in [5.74, 6) is 0.792. The smallest absolute Gasteiger partial charge is 0.322 e. The highest BCUT2D eigenvalue weighted by Crippen LogP contribution is 2.14. The Kier molecular flexibility index (Phi) is 5.51. The third-order valence-electron chi connectivity index (χ3n) is 3.80. The Bertz CT molecular complexity index is 657. The van der Waals surface area contributed by atoms with E-state index in [0.717, 1.165) is 17.0 Å². The number of carbonyl (C=O) groups excluding carboxylic acids is 1. The summed E-state index contributed by atoms with van der Waals surface area (Å²) >= 11 is 0.